The number of rotatable bonds is 2. The molecule has 2 amide bonds. The van der Waals surface area contributed by atoms with Crippen molar-refractivity contribution in [2.45, 2.75) is 39.3 Å². The zero-order valence-corrected chi connectivity index (χ0v) is 13.9. The summed E-state index contributed by atoms with van der Waals surface area (Å²) in [5, 5.41) is 6.27. The molecule has 2 saturated heterocycles. The molecule has 2 fully saturated rings. The van der Waals surface area contributed by atoms with E-state index in [4.69, 9.17) is 0 Å². The van der Waals surface area contributed by atoms with Crippen molar-refractivity contribution < 1.29 is 9.59 Å². The van der Waals surface area contributed by atoms with Crippen LogP contribution in [0, 0.1) is 5.41 Å². The van der Waals surface area contributed by atoms with E-state index in [1.165, 1.54) is 0 Å². The Morgan fingerprint density at radius 2 is 2.05 bits per heavy atom. The highest BCUT2D eigenvalue weighted by Crippen LogP contribution is 2.27. The van der Waals surface area contributed by atoms with E-state index >= 15 is 0 Å². The molecular weight excluding hydrogens is 298 g/mol. The third-order valence-electron chi connectivity index (χ3n) is 3.49. The smallest absolute Gasteiger partial charge is 0.243 e. The van der Waals surface area contributed by atoms with Gasteiger partial charge in [-0.15, -0.1) is 24.2 Å². The number of halogens is 1. The van der Waals surface area contributed by atoms with Gasteiger partial charge in [0.15, 0.2) is 0 Å². The fraction of sp³-hybridized carbons (Fsp3) is 0.846. The van der Waals surface area contributed by atoms with E-state index < -0.39 is 5.41 Å². The minimum atomic E-state index is -0.432. The number of carbonyl (C=O) groups excluding carboxylic acids is 2. The summed E-state index contributed by atoms with van der Waals surface area (Å²) in [6, 6.07) is -0.0954. The first-order chi connectivity index (χ1) is 8.89. The molecule has 0 spiro atoms. The first kappa shape index (κ1) is 17.6. The largest absolute Gasteiger partial charge is 0.350 e. The number of hydrogen-bond donors (Lipinski definition) is 2. The summed E-state index contributed by atoms with van der Waals surface area (Å²) < 4.78 is 0. The van der Waals surface area contributed by atoms with Gasteiger partial charge in [-0.2, -0.15) is 0 Å². The van der Waals surface area contributed by atoms with Crippen LogP contribution < -0.4 is 10.6 Å². The maximum atomic E-state index is 12.3. The number of carbonyl (C=O) groups is 2. The molecule has 20 heavy (non-hydrogen) atoms. The van der Waals surface area contributed by atoms with Gasteiger partial charge in [-0.3, -0.25) is 9.59 Å². The van der Waals surface area contributed by atoms with Crippen LogP contribution in [0.4, 0.5) is 0 Å². The van der Waals surface area contributed by atoms with Gasteiger partial charge < -0.3 is 15.5 Å². The highest BCUT2D eigenvalue weighted by molar-refractivity contribution is 7.99. The summed E-state index contributed by atoms with van der Waals surface area (Å²) in [5.74, 6) is 1.38. The van der Waals surface area contributed by atoms with Gasteiger partial charge in [0.2, 0.25) is 11.8 Å². The first-order valence-electron chi connectivity index (χ1n) is 6.79. The summed E-state index contributed by atoms with van der Waals surface area (Å²) in [5.41, 5.74) is -0.432. The molecule has 2 aliphatic rings. The van der Waals surface area contributed by atoms with Crippen LogP contribution in [-0.2, 0) is 9.59 Å². The van der Waals surface area contributed by atoms with E-state index in [-0.39, 0.29) is 36.3 Å². The van der Waals surface area contributed by atoms with E-state index in [1.807, 2.05) is 20.8 Å². The molecular formula is C13H24ClN3O2S. The molecule has 0 bridgehead atoms. The Morgan fingerprint density at radius 3 is 2.60 bits per heavy atom. The second-order valence-electron chi connectivity index (χ2n) is 6.24. The molecule has 0 aromatic rings. The Morgan fingerprint density at radius 1 is 1.35 bits per heavy atom. The highest BCUT2D eigenvalue weighted by atomic mass is 35.5. The summed E-state index contributed by atoms with van der Waals surface area (Å²) in [6.45, 7) is 7.48. The quantitative estimate of drug-likeness (QED) is 0.791. The Kier molecular flexibility index (Phi) is 6.16. The Bertz CT molecular complexity index is 367. The standard InChI is InChI=1S/C13H23N3O2S.ClH/c1-13(2,3)12(18)16-8-19-7-10(16)11(17)15-9-4-5-14-6-9;/h9-10,14H,4-8H2,1-3H3,(H,15,17);1H. The van der Waals surface area contributed by atoms with E-state index in [0.717, 1.165) is 19.5 Å². The van der Waals surface area contributed by atoms with Crippen LogP contribution in [-0.4, -0.2) is 53.5 Å². The number of thioether (sulfide) groups is 1. The number of hydrogen-bond acceptors (Lipinski definition) is 4. The molecule has 2 N–H and O–H groups in total. The Balaban J connectivity index is 0.00000200. The fourth-order valence-corrected chi connectivity index (χ4v) is 3.52. The first-order valence-corrected chi connectivity index (χ1v) is 7.95. The summed E-state index contributed by atoms with van der Waals surface area (Å²) in [6.07, 6.45) is 0.971. The van der Waals surface area contributed by atoms with Crippen LogP contribution in [0.2, 0.25) is 0 Å². The monoisotopic (exact) mass is 321 g/mol. The summed E-state index contributed by atoms with van der Waals surface area (Å²) >= 11 is 1.65. The molecule has 0 saturated carbocycles. The molecule has 2 rings (SSSR count). The Hall–Kier alpha value is -0.460. The van der Waals surface area contributed by atoms with E-state index in [0.29, 0.717) is 11.6 Å². The zero-order valence-electron chi connectivity index (χ0n) is 12.3. The van der Waals surface area contributed by atoms with Crippen LogP contribution in [0.25, 0.3) is 0 Å². The van der Waals surface area contributed by atoms with Crippen LogP contribution >= 0.6 is 24.2 Å². The van der Waals surface area contributed by atoms with Crippen LogP contribution in [0.3, 0.4) is 0 Å². The van der Waals surface area contributed by atoms with Gasteiger partial charge in [-0.25, -0.2) is 0 Å². The maximum absolute atomic E-state index is 12.3. The second-order valence-corrected chi connectivity index (χ2v) is 7.24. The van der Waals surface area contributed by atoms with Crippen molar-refractivity contribution in [1.29, 1.82) is 0 Å². The zero-order chi connectivity index (χ0) is 14.0. The second kappa shape index (κ2) is 7.00. The lowest BCUT2D eigenvalue weighted by molar-refractivity contribution is -0.144. The normalized spacial score (nSPS) is 26.2. The summed E-state index contributed by atoms with van der Waals surface area (Å²) in [7, 11) is 0. The average Bonchev–Trinajstić information content (AvgIpc) is 2.96. The molecule has 2 atom stereocenters. The fourth-order valence-electron chi connectivity index (χ4n) is 2.37. The molecule has 2 aliphatic heterocycles. The topological polar surface area (TPSA) is 61.4 Å². The molecule has 5 nitrogen and oxygen atoms in total. The molecule has 0 aliphatic carbocycles. The third-order valence-corrected chi connectivity index (χ3v) is 4.51. The van der Waals surface area contributed by atoms with Gasteiger partial charge in [0.25, 0.3) is 0 Å². The predicted octanol–water partition coefficient (Wildman–Crippen LogP) is 0.834. The number of nitrogens with zero attached hydrogens (tertiary/aromatic N) is 1. The number of amides is 2. The summed E-state index contributed by atoms with van der Waals surface area (Å²) in [4.78, 5) is 26.4. The minimum Gasteiger partial charge on any atom is -0.350 e. The third kappa shape index (κ3) is 4.02. The lowest BCUT2D eigenvalue weighted by Gasteiger charge is -2.30. The van der Waals surface area contributed by atoms with Gasteiger partial charge in [-0.1, -0.05) is 20.8 Å². The van der Waals surface area contributed by atoms with Gasteiger partial charge in [0.1, 0.15) is 6.04 Å². The van der Waals surface area contributed by atoms with Crippen LogP contribution in [0.1, 0.15) is 27.2 Å². The van der Waals surface area contributed by atoms with Crippen molar-refractivity contribution >= 4 is 36.0 Å². The van der Waals surface area contributed by atoms with E-state index in [9.17, 15) is 9.59 Å². The van der Waals surface area contributed by atoms with Crippen molar-refractivity contribution in [2.24, 2.45) is 5.41 Å². The maximum Gasteiger partial charge on any atom is 0.243 e. The molecule has 7 heteroatoms. The van der Waals surface area contributed by atoms with Gasteiger partial charge in [0.05, 0.1) is 5.88 Å². The lowest BCUT2D eigenvalue weighted by Crippen LogP contribution is -2.52. The van der Waals surface area contributed by atoms with Gasteiger partial charge >= 0.3 is 0 Å². The molecule has 0 radical (unpaired) electrons. The van der Waals surface area contributed by atoms with E-state index in [2.05, 4.69) is 10.6 Å². The lowest BCUT2D eigenvalue weighted by atomic mass is 9.94. The van der Waals surface area contributed by atoms with Crippen molar-refractivity contribution in [3.05, 3.63) is 0 Å². The highest BCUT2D eigenvalue weighted by Gasteiger charge is 2.39. The molecule has 0 aromatic carbocycles. The van der Waals surface area contributed by atoms with Gasteiger partial charge in [-0.05, 0) is 13.0 Å². The minimum absolute atomic E-state index is 0. The average molecular weight is 322 g/mol. The SMILES string of the molecule is CC(C)(C)C(=O)N1CSCC1C(=O)NC1CCNC1.Cl. The van der Waals surface area contributed by atoms with E-state index in [1.54, 1.807) is 16.7 Å². The molecule has 2 heterocycles. The van der Waals surface area contributed by atoms with Gasteiger partial charge in [0, 0.05) is 23.8 Å². The van der Waals surface area contributed by atoms with Crippen molar-refractivity contribution in [3.63, 3.8) is 0 Å². The molecule has 116 valence electrons. The van der Waals surface area contributed by atoms with Crippen molar-refractivity contribution in [3.8, 4) is 0 Å². The van der Waals surface area contributed by atoms with Crippen molar-refractivity contribution in [2.75, 3.05) is 24.7 Å². The van der Waals surface area contributed by atoms with Crippen LogP contribution in [0.15, 0.2) is 0 Å². The predicted molar refractivity (Wildman–Crippen MR) is 84.1 cm³/mol. The Labute approximate surface area is 131 Å². The van der Waals surface area contributed by atoms with Crippen LogP contribution in [0.5, 0.6) is 0 Å². The van der Waals surface area contributed by atoms with Crippen molar-refractivity contribution in [1.82, 2.24) is 15.5 Å². The number of nitrogens with one attached hydrogen (secondary N) is 2. The molecule has 0 aromatic heterocycles. The molecule has 2 unspecified atom stereocenters.